The molecule has 2 atom stereocenters. The summed E-state index contributed by atoms with van der Waals surface area (Å²) in [6, 6.07) is 0. The largest absolute Gasteiger partial charge is 0.481 e. The predicted molar refractivity (Wildman–Crippen MR) is 81.1 cm³/mol. The summed E-state index contributed by atoms with van der Waals surface area (Å²) < 4.78 is 5.35. The molecule has 5 heteroatoms. The van der Waals surface area contributed by atoms with Gasteiger partial charge in [0, 0.05) is 26.0 Å². The van der Waals surface area contributed by atoms with Gasteiger partial charge in [0.1, 0.15) is 0 Å². The van der Waals surface area contributed by atoms with Crippen molar-refractivity contribution in [1.82, 2.24) is 5.32 Å². The van der Waals surface area contributed by atoms with Crippen LogP contribution in [0.3, 0.4) is 0 Å². The molecule has 5 nitrogen and oxygen atoms in total. The highest BCUT2D eigenvalue weighted by atomic mass is 16.5. The highest BCUT2D eigenvalue weighted by Gasteiger charge is 2.26. The zero-order valence-electron chi connectivity index (χ0n) is 13.1. The number of methoxy groups -OCH3 is 1. The number of carboxylic acid groups (broad SMARTS) is 1. The lowest BCUT2D eigenvalue weighted by molar-refractivity contribution is -0.137. The maximum absolute atomic E-state index is 12.0. The molecule has 1 rings (SSSR count). The zero-order valence-corrected chi connectivity index (χ0v) is 13.1. The van der Waals surface area contributed by atoms with E-state index >= 15 is 0 Å². The number of hydrogen-bond acceptors (Lipinski definition) is 3. The number of ether oxygens (including phenoxy) is 1. The van der Waals surface area contributed by atoms with E-state index in [0.29, 0.717) is 0 Å². The number of hydrogen-bond donors (Lipinski definition) is 2. The first-order chi connectivity index (χ1) is 10.1. The maximum Gasteiger partial charge on any atom is 0.303 e. The normalized spacial score (nSPS) is 22.0. The molecule has 0 aromatic heterocycles. The molecule has 1 fully saturated rings. The fourth-order valence-corrected chi connectivity index (χ4v) is 2.88. The summed E-state index contributed by atoms with van der Waals surface area (Å²) in [7, 11) is 1.72. The first-order valence-electron chi connectivity index (χ1n) is 8.15. The number of carboxylic acids is 1. The van der Waals surface area contributed by atoms with Gasteiger partial charge in [-0.25, -0.2) is 0 Å². The Morgan fingerprint density at radius 2 is 1.86 bits per heavy atom. The van der Waals surface area contributed by atoms with E-state index in [0.717, 1.165) is 64.3 Å². The van der Waals surface area contributed by atoms with Gasteiger partial charge in [-0.15, -0.1) is 0 Å². The van der Waals surface area contributed by atoms with Gasteiger partial charge in [0.05, 0.1) is 6.10 Å². The van der Waals surface area contributed by atoms with Crippen molar-refractivity contribution < 1.29 is 19.4 Å². The number of rotatable bonds is 10. The number of nitrogens with one attached hydrogen (secondary N) is 1. The predicted octanol–water partition coefficient (Wildman–Crippen LogP) is 2.73. The van der Waals surface area contributed by atoms with E-state index in [-0.39, 0.29) is 24.3 Å². The molecule has 0 heterocycles. The zero-order chi connectivity index (χ0) is 15.5. The van der Waals surface area contributed by atoms with Gasteiger partial charge in [0.25, 0.3) is 0 Å². The van der Waals surface area contributed by atoms with E-state index in [9.17, 15) is 9.59 Å². The van der Waals surface area contributed by atoms with Crippen LogP contribution in [-0.4, -0.2) is 36.7 Å². The van der Waals surface area contributed by atoms with Crippen LogP contribution in [-0.2, 0) is 14.3 Å². The summed E-state index contributed by atoms with van der Waals surface area (Å²) in [6.07, 6.45) is 9.22. The van der Waals surface area contributed by atoms with Crippen molar-refractivity contribution in [2.45, 2.75) is 70.3 Å². The molecule has 2 unspecified atom stereocenters. The smallest absolute Gasteiger partial charge is 0.303 e. The minimum atomic E-state index is -0.718. The molecular formula is C16H29NO4. The fraction of sp³-hybridized carbons (Fsp3) is 0.875. The van der Waals surface area contributed by atoms with Crippen molar-refractivity contribution in [2.24, 2.45) is 5.92 Å². The molecule has 0 bridgehead atoms. The third-order valence-corrected chi connectivity index (χ3v) is 4.20. The van der Waals surface area contributed by atoms with Gasteiger partial charge in [-0.1, -0.05) is 25.7 Å². The fourth-order valence-electron chi connectivity index (χ4n) is 2.88. The molecule has 21 heavy (non-hydrogen) atoms. The SMILES string of the molecule is COC1CCCC(C(=O)NCCCCCCCC(=O)O)C1. The molecule has 122 valence electrons. The molecule has 1 aliphatic carbocycles. The van der Waals surface area contributed by atoms with Crippen LogP contribution in [0.5, 0.6) is 0 Å². The van der Waals surface area contributed by atoms with Crippen molar-refractivity contribution in [3.63, 3.8) is 0 Å². The Balaban J connectivity index is 1.99. The maximum atomic E-state index is 12.0. The number of unbranched alkanes of at least 4 members (excludes halogenated alkanes) is 4. The van der Waals surface area contributed by atoms with Gasteiger partial charge in [-0.3, -0.25) is 9.59 Å². The van der Waals surface area contributed by atoms with Gasteiger partial charge in [0.2, 0.25) is 5.91 Å². The number of carbonyl (C=O) groups is 2. The lowest BCUT2D eigenvalue weighted by atomic mass is 9.86. The minimum Gasteiger partial charge on any atom is -0.481 e. The molecular weight excluding hydrogens is 270 g/mol. The number of aliphatic carboxylic acids is 1. The van der Waals surface area contributed by atoms with Crippen LogP contribution >= 0.6 is 0 Å². The summed E-state index contributed by atoms with van der Waals surface area (Å²) in [5.41, 5.74) is 0. The number of carbonyl (C=O) groups excluding carboxylic acids is 1. The molecule has 0 aromatic rings. The Kier molecular flexibility index (Phi) is 9.06. The van der Waals surface area contributed by atoms with Gasteiger partial charge < -0.3 is 15.2 Å². The van der Waals surface area contributed by atoms with Crippen LogP contribution in [0.2, 0.25) is 0 Å². The third-order valence-electron chi connectivity index (χ3n) is 4.20. The lowest BCUT2D eigenvalue weighted by Crippen LogP contribution is -2.36. The average Bonchev–Trinajstić information content (AvgIpc) is 2.49. The van der Waals surface area contributed by atoms with Gasteiger partial charge in [0.15, 0.2) is 0 Å². The molecule has 0 spiro atoms. The van der Waals surface area contributed by atoms with Crippen molar-refractivity contribution in [3.8, 4) is 0 Å². The van der Waals surface area contributed by atoms with Crippen molar-refractivity contribution in [2.75, 3.05) is 13.7 Å². The second-order valence-corrected chi connectivity index (χ2v) is 5.92. The van der Waals surface area contributed by atoms with E-state index in [4.69, 9.17) is 9.84 Å². The summed E-state index contributed by atoms with van der Waals surface area (Å²) in [4.78, 5) is 22.4. The average molecular weight is 299 g/mol. The van der Waals surface area contributed by atoms with E-state index in [1.54, 1.807) is 7.11 Å². The van der Waals surface area contributed by atoms with Crippen LogP contribution in [0.1, 0.15) is 64.2 Å². The van der Waals surface area contributed by atoms with Gasteiger partial charge >= 0.3 is 5.97 Å². The van der Waals surface area contributed by atoms with E-state index in [1.165, 1.54) is 0 Å². The monoisotopic (exact) mass is 299 g/mol. The molecule has 1 amide bonds. The van der Waals surface area contributed by atoms with Crippen LogP contribution in [0.15, 0.2) is 0 Å². The Hall–Kier alpha value is -1.10. The van der Waals surface area contributed by atoms with E-state index in [1.807, 2.05) is 0 Å². The van der Waals surface area contributed by atoms with Gasteiger partial charge in [-0.05, 0) is 32.1 Å². The third kappa shape index (κ3) is 8.05. The van der Waals surface area contributed by atoms with Crippen molar-refractivity contribution in [1.29, 1.82) is 0 Å². The second kappa shape index (κ2) is 10.6. The summed E-state index contributed by atoms with van der Waals surface area (Å²) in [5, 5.41) is 11.5. The highest BCUT2D eigenvalue weighted by molar-refractivity contribution is 5.78. The minimum absolute atomic E-state index is 0.110. The molecule has 0 saturated heterocycles. The Labute approximate surface area is 127 Å². The van der Waals surface area contributed by atoms with E-state index < -0.39 is 5.97 Å². The highest BCUT2D eigenvalue weighted by Crippen LogP contribution is 2.26. The van der Waals surface area contributed by atoms with Gasteiger partial charge in [-0.2, -0.15) is 0 Å². The molecule has 2 N–H and O–H groups in total. The first-order valence-corrected chi connectivity index (χ1v) is 8.15. The molecule has 1 saturated carbocycles. The quantitative estimate of drug-likeness (QED) is 0.608. The van der Waals surface area contributed by atoms with Crippen molar-refractivity contribution >= 4 is 11.9 Å². The molecule has 1 aliphatic rings. The summed E-state index contributed by atoms with van der Waals surface area (Å²) >= 11 is 0. The topological polar surface area (TPSA) is 75.6 Å². The Morgan fingerprint density at radius 3 is 2.57 bits per heavy atom. The van der Waals surface area contributed by atoms with E-state index in [2.05, 4.69) is 5.32 Å². The molecule has 0 aromatic carbocycles. The summed E-state index contributed by atoms with van der Waals surface area (Å²) in [6.45, 7) is 0.728. The van der Waals surface area contributed by atoms with Crippen LogP contribution in [0, 0.1) is 5.92 Å². The number of amides is 1. The molecule has 0 radical (unpaired) electrons. The van der Waals surface area contributed by atoms with Crippen LogP contribution in [0.4, 0.5) is 0 Å². The second-order valence-electron chi connectivity index (χ2n) is 5.92. The Morgan fingerprint density at radius 1 is 1.14 bits per heavy atom. The van der Waals surface area contributed by atoms with Crippen LogP contribution in [0.25, 0.3) is 0 Å². The summed E-state index contributed by atoms with van der Waals surface area (Å²) in [5.74, 6) is -0.439. The molecule has 0 aliphatic heterocycles. The standard InChI is InChI=1S/C16H29NO4/c1-21-14-9-7-8-13(12-14)16(20)17-11-6-4-2-3-5-10-15(18)19/h13-14H,2-12H2,1H3,(H,17,20)(H,18,19). The first kappa shape index (κ1) is 18.0. The lowest BCUT2D eigenvalue weighted by Gasteiger charge is -2.27. The van der Waals surface area contributed by atoms with Crippen molar-refractivity contribution in [3.05, 3.63) is 0 Å². The Bertz CT molecular complexity index is 319. The van der Waals surface area contributed by atoms with Crippen LogP contribution < -0.4 is 5.32 Å².